The van der Waals surface area contributed by atoms with Crippen molar-refractivity contribution >= 4 is 6.09 Å². The summed E-state index contributed by atoms with van der Waals surface area (Å²) in [6, 6.07) is 0. The van der Waals surface area contributed by atoms with Gasteiger partial charge in [0.15, 0.2) is 5.82 Å². The molecule has 0 saturated carbocycles. The number of nitrogens with two attached hydrogens (primary N) is 1. The van der Waals surface area contributed by atoms with Gasteiger partial charge in [0, 0.05) is 13.1 Å². The van der Waals surface area contributed by atoms with Crippen LogP contribution in [0.4, 0.5) is 4.79 Å². The molecule has 7 nitrogen and oxygen atoms in total. The lowest BCUT2D eigenvalue weighted by Gasteiger charge is -2.24. The molecule has 1 aliphatic rings. The number of carbonyl (C=O) groups excluding carboxylic acids is 1. The van der Waals surface area contributed by atoms with Gasteiger partial charge in [0.1, 0.15) is 5.60 Å². The van der Waals surface area contributed by atoms with E-state index in [0.29, 0.717) is 24.8 Å². The van der Waals surface area contributed by atoms with Crippen LogP contribution < -0.4 is 5.73 Å². The fourth-order valence-electron chi connectivity index (χ4n) is 1.97. The Balaban J connectivity index is 1.94. The Morgan fingerprint density at radius 1 is 1.58 bits per heavy atom. The van der Waals surface area contributed by atoms with Gasteiger partial charge in [-0.05, 0) is 27.2 Å². The molecule has 0 aliphatic carbocycles. The first-order valence-corrected chi connectivity index (χ1v) is 6.39. The summed E-state index contributed by atoms with van der Waals surface area (Å²) in [7, 11) is 0. The number of hydrogen-bond donors (Lipinski definition) is 1. The second kappa shape index (κ2) is 5.16. The summed E-state index contributed by atoms with van der Waals surface area (Å²) in [5.74, 6) is 1.11. The van der Waals surface area contributed by atoms with Gasteiger partial charge < -0.3 is 19.9 Å². The Morgan fingerprint density at radius 3 is 2.89 bits per heavy atom. The summed E-state index contributed by atoms with van der Waals surface area (Å²) in [4.78, 5) is 17.8. The lowest BCUT2D eigenvalue weighted by atomic mass is 10.1. The first kappa shape index (κ1) is 13.8. The number of hydrogen-bond acceptors (Lipinski definition) is 6. The fraction of sp³-hybridized carbons (Fsp3) is 0.750. The number of ether oxygens (including phenoxy) is 1. The molecule has 19 heavy (non-hydrogen) atoms. The van der Waals surface area contributed by atoms with Gasteiger partial charge in [-0.25, -0.2) is 4.79 Å². The van der Waals surface area contributed by atoms with E-state index >= 15 is 0 Å². The molecule has 0 radical (unpaired) electrons. The van der Waals surface area contributed by atoms with E-state index < -0.39 is 5.60 Å². The molecule has 7 heteroatoms. The summed E-state index contributed by atoms with van der Waals surface area (Å²) in [6.07, 6.45) is 0.499. The third-order valence-electron chi connectivity index (χ3n) is 2.86. The van der Waals surface area contributed by atoms with Gasteiger partial charge in [0.05, 0.1) is 12.5 Å². The van der Waals surface area contributed by atoms with Gasteiger partial charge in [-0.2, -0.15) is 4.98 Å². The van der Waals surface area contributed by atoms with Crippen molar-refractivity contribution in [2.45, 2.75) is 45.3 Å². The van der Waals surface area contributed by atoms with Gasteiger partial charge in [0.25, 0.3) is 0 Å². The molecule has 2 heterocycles. The highest BCUT2D eigenvalue weighted by Gasteiger charge is 2.33. The molecular weight excluding hydrogens is 248 g/mol. The largest absolute Gasteiger partial charge is 0.444 e. The predicted octanol–water partition coefficient (Wildman–Crippen LogP) is 1.25. The number of aromatic nitrogens is 2. The molecule has 2 N–H and O–H groups in total. The fourth-order valence-corrected chi connectivity index (χ4v) is 1.97. The van der Waals surface area contributed by atoms with E-state index in [-0.39, 0.29) is 18.6 Å². The summed E-state index contributed by atoms with van der Waals surface area (Å²) in [6.45, 7) is 6.99. The average molecular weight is 268 g/mol. The molecular formula is C12H20N4O3. The number of rotatable bonds is 2. The maximum absolute atomic E-state index is 11.9. The topological polar surface area (TPSA) is 94.5 Å². The molecule has 2 rings (SSSR count). The molecule has 0 spiro atoms. The molecule has 1 aromatic rings. The first-order valence-electron chi connectivity index (χ1n) is 6.39. The normalized spacial score (nSPS) is 19.8. The van der Waals surface area contributed by atoms with Crippen molar-refractivity contribution in [3.63, 3.8) is 0 Å². The molecule has 1 saturated heterocycles. The SMILES string of the molecule is CC(C)(C)OC(=O)N1CC[C@@H](c2nc(CN)no2)C1. The first-order chi connectivity index (χ1) is 8.89. The monoisotopic (exact) mass is 268 g/mol. The second-order valence-corrected chi connectivity index (χ2v) is 5.66. The Kier molecular flexibility index (Phi) is 3.75. The number of carbonyl (C=O) groups is 1. The van der Waals surface area contributed by atoms with Crippen LogP contribution in [-0.4, -0.2) is 39.8 Å². The van der Waals surface area contributed by atoms with Crippen molar-refractivity contribution in [3.05, 3.63) is 11.7 Å². The zero-order valence-electron chi connectivity index (χ0n) is 11.5. The lowest BCUT2D eigenvalue weighted by Crippen LogP contribution is -2.35. The highest BCUT2D eigenvalue weighted by atomic mass is 16.6. The van der Waals surface area contributed by atoms with Crippen molar-refractivity contribution in [1.29, 1.82) is 0 Å². The van der Waals surface area contributed by atoms with Crippen molar-refractivity contribution < 1.29 is 14.1 Å². The maximum Gasteiger partial charge on any atom is 0.410 e. The van der Waals surface area contributed by atoms with E-state index in [4.69, 9.17) is 15.0 Å². The average Bonchev–Trinajstić information content (AvgIpc) is 2.95. The molecule has 0 bridgehead atoms. The van der Waals surface area contributed by atoms with E-state index in [2.05, 4.69) is 10.1 Å². The Labute approximate surface area is 112 Å². The summed E-state index contributed by atoms with van der Waals surface area (Å²) in [5.41, 5.74) is 4.96. The van der Waals surface area contributed by atoms with Gasteiger partial charge >= 0.3 is 6.09 Å². The molecule has 1 aliphatic heterocycles. The van der Waals surface area contributed by atoms with Crippen LogP contribution in [0.2, 0.25) is 0 Å². The van der Waals surface area contributed by atoms with Crippen LogP contribution in [0, 0.1) is 0 Å². The van der Waals surface area contributed by atoms with Crippen LogP contribution in [0.1, 0.15) is 44.8 Å². The van der Waals surface area contributed by atoms with E-state index in [1.807, 2.05) is 20.8 Å². The van der Waals surface area contributed by atoms with Gasteiger partial charge in [-0.15, -0.1) is 0 Å². The molecule has 1 aromatic heterocycles. The standard InChI is InChI=1S/C12H20N4O3/c1-12(2,3)18-11(17)16-5-4-8(7-16)10-14-9(6-13)15-19-10/h8H,4-7,13H2,1-3H3/t8-/m1/s1. The summed E-state index contributed by atoms with van der Waals surface area (Å²) >= 11 is 0. The minimum absolute atomic E-state index is 0.0697. The van der Waals surface area contributed by atoms with Crippen LogP contribution in [0.15, 0.2) is 4.52 Å². The van der Waals surface area contributed by atoms with E-state index in [1.165, 1.54) is 0 Å². The minimum Gasteiger partial charge on any atom is -0.444 e. The van der Waals surface area contributed by atoms with Crippen LogP contribution >= 0.6 is 0 Å². The van der Waals surface area contributed by atoms with E-state index in [1.54, 1.807) is 4.90 Å². The van der Waals surface area contributed by atoms with Crippen molar-refractivity contribution in [1.82, 2.24) is 15.0 Å². The zero-order chi connectivity index (χ0) is 14.0. The number of nitrogens with zero attached hydrogens (tertiary/aromatic N) is 3. The predicted molar refractivity (Wildman–Crippen MR) is 67.4 cm³/mol. The third-order valence-corrected chi connectivity index (χ3v) is 2.86. The zero-order valence-corrected chi connectivity index (χ0v) is 11.5. The Morgan fingerprint density at radius 2 is 2.32 bits per heavy atom. The maximum atomic E-state index is 11.9. The molecule has 1 atom stereocenters. The van der Waals surface area contributed by atoms with E-state index in [9.17, 15) is 4.79 Å². The number of amides is 1. The van der Waals surface area contributed by atoms with Crippen LogP contribution in [0.5, 0.6) is 0 Å². The van der Waals surface area contributed by atoms with Crippen LogP contribution in [0.25, 0.3) is 0 Å². The van der Waals surface area contributed by atoms with Crippen LogP contribution in [-0.2, 0) is 11.3 Å². The summed E-state index contributed by atoms with van der Waals surface area (Å²) < 4.78 is 10.5. The Bertz CT molecular complexity index is 452. The third kappa shape index (κ3) is 3.44. The number of likely N-dealkylation sites (tertiary alicyclic amines) is 1. The highest BCUT2D eigenvalue weighted by Crippen LogP contribution is 2.27. The molecule has 0 aromatic carbocycles. The van der Waals surface area contributed by atoms with Gasteiger partial charge in [-0.1, -0.05) is 5.16 Å². The summed E-state index contributed by atoms with van der Waals surface area (Å²) in [5, 5.41) is 3.76. The van der Waals surface area contributed by atoms with Crippen LogP contribution in [0.3, 0.4) is 0 Å². The van der Waals surface area contributed by atoms with Crippen molar-refractivity contribution in [2.75, 3.05) is 13.1 Å². The van der Waals surface area contributed by atoms with Crippen molar-refractivity contribution in [3.8, 4) is 0 Å². The lowest BCUT2D eigenvalue weighted by molar-refractivity contribution is 0.0291. The molecule has 1 fully saturated rings. The van der Waals surface area contributed by atoms with Crippen molar-refractivity contribution in [2.24, 2.45) is 5.73 Å². The smallest absolute Gasteiger partial charge is 0.410 e. The molecule has 106 valence electrons. The minimum atomic E-state index is -0.480. The van der Waals surface area contributed by atoms with E-state index in [0.717, 1.165) is 6.42 Å². The van der Waals surface area contributed by atoms with Gasteiger partial charge in [-0.3, -0.25) is 0 Å². The molecule has 0 unspecified atom stereocenters. The van der Waals surface area contributed by atoms with Gasteiger partial charge in [0.2, 0.25) is 5.89 Å². The second-order valence-electron chi connectivity index (χ2n) is 5.66. The molecule has 1 amide bonds. The Hall–Kier alpha value is -1.63. The highest BCUT2D eigenvalue weighted by molar-refractivity contribution is 5.68. The quantitative estimate of drug-likeness (QED) is 0.867.